The fourth-order valence-electron chi connectivity index (χ4n) is 2.22. The van der Waals surface area contributed by atoms with E-state index in [0.717, 1.165) is 11.5 Å². The average molecular weight is 346 g/mol. The molecule has 0 unspecified atom stereocenters. The van der Waals surface area contributed by atoms with Crippen LogP contribution in [0.2, 0.25) is 0 Å². The van der Waals surface area contributed by atoms with Crippen LogP contribution in [0.1, 0.15) is 5.56 Å². The summed E-state index contributed by atoms with van der Waals surface area (Å²) in [5.74, 6) is 1.15. The minimum atomic E-state index is -0.245. The summed E-state index contributed by atoms with van der Waals surface area (Å²) >= 11 is 0. The third-order valence-electron chi connectivity index (χ3n) is 3.57. The molecular formula is C19H23FN2O3. The maximum Gasteiger partial charge on any atom is 0.233 e. The molecule has 0 heterocycles. The summed E-state index contributed by atoms with van der Waals surface area (Å²) in [5.41, 5.74) is 0.601. The molecular weight excluding hydrogens is 323 g/mol. The number of carbonyl (C=O) groups is 1. The van der Waals surface area contributed by atoms with Gasteiger partial charge in [-0.15, -0.1) is 0 Å². The van der Waals surface area contributed by atoms with Gasteiger partial charge in [0.05, 0.1) is 13.7 Å². The minimum Gasteiger partial charge on any atom is -0.497 e. The minimum absolute atomic E-state index is 0.124. The first-order valence-corrected chi connectivity index (χ1v) is 8.16. The third-order valence-corrected chi connectivity index (χ3v) is 3.57. The molecule has 0 fully saturated rings. The lowest BCUT2D eigenvalue weighted by Gasteiger charge is -2.09. The zero-order valence-corrected chi connectivity index (χ0v) is 14.3. The number of ether oxygens (including phenoxy) is 2. The van der Waals surface area contributed by atoms with E-state index in [1.54, 1.807) is 25.3 Å². The van der Waals surface area contributed by atoms with Gasteiger partial charge in [-0.1, -0.05) is 18.2 Å². The highest BCUT2D eigenvalue weighted by molar-refractivity contribution is 5.77. The summed E-state index contributed by atoms with van der Waals surface area (Å²) in [5, 5.41) is 5.76. The molecule has 2 N–H and O–H groups in total. The molecule has 25 heavy (non-hydrogen) atoms. The van der Waals surface area contributed by atoms with E-state index in [9.17, 15) is 9.18 Å². The third kappa shape index (κ3) is 6.81. The molecule has 0 spiro atoms. The zero-order valence-electron chi connectivity index (χ0n) is 14.3. The highest BCUT2D eigenvalue weighted by Gasteiger charge is 2.03. The van der Waals surface area contributed by atoms with E-state index in [4.69, 9.17) is 9.47 Å². The van der Waals surface area contributed by atoms with E-state index in [2.05, 4.69) is 10.6 Å². The Balaban J connectivity index is 1.54. The smallest absolute Gasteiger partial charge is 0.233 e. The summed E-state index contributed by atoms with van der Waals surface area (Å²) in [6, 6.07) is 13.9. The van der Waals surface area contributed by atoms with Crippen LogP contribution in [0.5, 0.6) is 11.5 Å². The van der Waals surface area contributed by atoms with Crippen molar-refractivity contribution in [1.29, 1.82) is 0 Å². The van der Waals surface area contributed by atoms with Gasteiger partial charge in [0.2, 0.25) is 5.91 Å². The first-order valence-electron chi connectivity index (χ1n) is 8.16. The van der Waals surface area contributed by atoms with Gasteiger partial charge in [0.1, 0.15) is 23.9 Å². The number of nitrogens with one attached hydrogen (secondary N) is 2. The molecule has 0 aromatic heterocycles. The van der Waals surface area contributed by atoms with Gasteiger partial charge in [0.25, 0.3) is 0 Å². The van der Waals surface area contributed by atoms with Crippen LogP contribution in [-0.4, -0.2) is 39.3 Å². The van der Waals surface area contributed by atoms with Crippen LogP contribution in [0, 0.1) is 5.82 Å². The van der Waals surface area contributed by atoms with Crippen molar-refractivity contribution >= 4 is 5.91 Å². The highest BCUT2D eigenvalue weighted by atomic mass is 19.1. The van der Waals surface area contributed by atoms with Crippen molar-refractivity contribution < 1.29 is 18.7 Å². The molecule has 6 heteroatoms. The molecule has 0 saturated heterocycles. The van der Waals surface area contributed by atoms with Gasteiger partial charge < -0.3 is 20.1 Å². The van der Waals surface area contributed by atoms with Crippen molar-refractivity contribution in [3.8, 4) is 11.5 Å². The van der Waals surface area contributed by atoms with Gasteiger partial charge in [-0.3, -0.25) is 4.79 Å². The number of halogens is 1. The second-order valence-electron chi connectivity index (χ2n) is 5.39. The lowest BCUT2D eigenvalue weighted by Crippen LogP contribution is -2.36. The molecule has 0 aliphatic heterocycles. The second-order valence-corrected chi connectivity index (χ2v) is 5.39. The number of amides is 1. The molecule has 0 aliphatic rings. The summed E-state index contributed by atoms with van der Waals surface area (Å²) in [7, 11) is 1.61. The number of hydrogen-bond acceptors (Lipinski definition) is 4. The fraction of sp³-hybridized carbons (Fsp3) is 0.316. The molecule has 2 rings (SSSR count). The van der Waals surface area contributed by atoms with Crippen molar-refractivity contribution in [2.24, 2.45) is 0 Å². The summed E-state index contributed by atoms with van der Waals surface area (Å²) < 4.78 is 24.1. The number of methoxy groups -OCH3 is 1. The van der Waals surface area contributed by atoms with Crippen molar-refractivity contribution in [1.82, 2.24) is 10.6 Å². The van der Waals surface area contributed by atoms with Crippen molar-refractivity contribution in [3.63, 3.8) is 0 Å². The highest BCUT2D eigenvalue weighted by Crippen LogP contribution is 2.16. The van der Waals surface area contributed by atoms with Gasteiger partial charge in [0, 0.05) is 13.1 Å². The molecule has 0 atom stereocenters. The van der Waals surface area contributed by atoms with Crippen LogP contribution in [0.3, 0.4) is 0 Å². The van der Waals surface area contributed by atoms with Crippen molar-refractivity contribution in [3.05, 3.63) is 59.9 Å². The van der Waals surface area contributed by atoms with Crippen molar-refractivity contribution in [2.45, 2.75) is 6.42 Å². The van der Waals surface area contributed by atoms with Gasteiger partial charge in [0.15, 0.2) is 0 Å². The zero-order chi connectivity index (χ0) is 17.9. The second kappa shape index (κ2) is 10.3. The standard InChI is InChI=1S/C19H23FN2O3/c1-24-16-6-8-17(9-7-16)25-13-12-21-14-19(23)22-11-10-15-4-2-3-5-18(15)20/h2-9,21H,10-14H2,1H3,(H,22,23). The topological polar surface area (TPSA) is 59.6 Å². The van der Waals surface area contributed by atoms with E-state index >= 15 is 0 Å². The Morgan fingerprint density at radius 1 is 1.04 bits per heavy atom. The molecule has 2 aromatic carbocycles. The van der Waals surface area contributed by atoms with E-state index in [0.29, 0.717) is 31.7 Å². The van der Waals surface area contributed by atoms with Crippen LogP contribution in [0.25, 0.3) is 0 Å². The Labute approximate surface area is 147 Å². The Morgan fingerprint density at radius 3 is 2.48 bits per heavy atom. The maximum atomic E-state index is 13.4. The largest absolute Gasteiger partial charge is 0.497 e. The predicted octanol–water partition coefficient (Wildman–Crippen LogP) is 2.16. The molecule has 5 nitrogen and oxygen atoms in total. The SMILES string of the molecule is COc1ccc(OCCNCC(=O)NCCc2ccccc2F)cc1. The predicted molar refractivity (Wildman–Crippen MR) is 94.5 cm³/mol. The van der Waals surface area contributed by atoms with E-state index in [1.165, 1.54) is 6.07 Å². The molecule has 134 valence electrons. The van der Waals surface area contributed by atoms with E-state index in [-0.39, 0.29) is 18.3 Å². The molecule has 0 bridgehead atoms. The van der Waals surface area contributed by atoms with Crippen LogP contribution in [0.15, 0.2) is 48.5 Å². The Morgan fingerprint density at radius 2 is 1.76 bits per heavy atom. The summed E-state index contributed by atoms with van der Waals surface area (Å²) in [6.45, 7) is 1.61. The van der Waals surface area contributed by atoms with E-state index in [1.807, 2.05) is 24.3 Å². The number of carbonyl (C=O) groups excluding carboxylic acids is 1. The first-order chi connectivity index (χ1) is 12.2. The van der Waals surface area contributed by atoms with Gasteiger partial charge in [-0.05, 0) is 42.3 Å². The van der Waals surface area contributed by atoms with Gasteiger partial charge in [-0.25, -0.2) is 4.39 Å². The first kappa shape index (κ1) is 18.7. The number of rotatable bonds is 10. The lowest BCUT2D eigenvalue weighted by molar-refractivity contribution is -0.120. The van der Waals surface area contributed by atoms with E-state index < -0.39 is 0 Å². The molecule has 2 aromatic rings. The number of benzene rings is 2. The van der Waals surface area contributed by atoms with Crippen LogP contribution < -0.4 is 20.1 Å². The summed E-state index contributed by atoms with van der Waals surface area (Å²) in [6.07, 6.45) is 0.471. The normalized spacial score (nSPS) is 10.3. The lowest BCUT2D eigenvalue weighted by atomic mass is 10.1. The van der Waals surface area contributed by atoms with Crippen LogP contribution in [0.4, 0.5) is 4.39 Å². The Kier molecular flexibility index (Phi) is 7.72. The summed E-state index contributed by atoms with van der Waals surface area (Å²) in [4.78, 5) is 11.7. The molecule has 0 aliphatic carbocycles. The van der Waals surface area contributed by atoms with Crippen LogP contribution in [-0.2, 0) is 11.2 Å². The average Bonchev–Trinajstić information content (AvgIpc) is 2.63. The maximum absolute atomic E-state index is 13.4. The molecule has 0 radical (unpaired) electrons. The Hall–Kier alpha value is -2.60. The van der Waals surface area contributed by atoms with Crippen molar-refractivity contribution in [2.75, 3.05) is 33.4 Å². The Bertz CT molecular complexity index is 662. The molecule has 0 saturated carbocycles. The monoisotopic (exact) mass is 346 g/mol. The molecule has 1 amide bonds. The van der Waals surface area contributed by atoms with Gasteiger partial charge in [-0.2, -0.15) is 0 Å². The fourth-order valence-corrected chi connectivity index (χ4v) is 2.22. The van der Waals surface area contributed by atoms with Gasteiger partial charge >= 0.3 is 0 Å². The van der Waals surface area contributed by atoms with Crippen LogP contribution >= 0.6 is 0 Å². The quantitative estimate of drug-likeness (QED) is 0.647. The number of hydrogen-bond donors (Lipinski definition) is 2.